The Kier molecular flexibility index (Phi) is 13.2. The van der Waals surface area contributed by atoms with Crippen LogP contribution in [-0.2, 0) is 19.2 Å². The van der Waals surface area contributed by atoms with Crippen LogP contribution < -0.4 is 0 Å². The van der Waals surface area contributed by atoms with E-state index in [-0.39, 0.29) is 0 Å². The van der Waals surface area contributed by atoms with Crippen molar-refractivity contribution >= 4 is 23.9 Å². The maximum Gasteiger partial charge on any atom is 0.328 e. The van der Waals surface area contributed by atoms with Crippen LogP contribution in [0.25, 0.3) is 0 Å². The molecule has 1 aromatic heterocycles. The van der Waals surface area contributed by atoms with Crippen molar-refractivity contribution in [3.05, 3.63) is 54.9 Å². The first-order chi connectivity index (χ1) is 10.3. The summed E-state index contributed by atoms with van der Waals surface area (Å²) in [5.74, 6) is -5.03. The topological polar surface area (TPSA) is 162 Å². The van der Waals surface area contributed by atoms with Gasteiger partial charge in [0.1, 0.15) is 0 Å². The van der Waals surface area contributed by atoms with Gasteiger partial charge in [0, 0.05) is 36.7 Å². The summed E-state index contributed by atoms with van der Waals surface area (Å²) in [5.41, 5.74) is 0. The highest BCUT2D eigenvalue weighted by molar-refractivity contribution is 5.90. The van der Waals surface area contributed by atoms with Gasteiger partial charge in [-0.05, 0) is 12.1 Å². The van der Waals surface area contributed by atoms with Crippen molar-refractivity contribution in [2.75, 3.05) is 0 Å². The van der Waals surface area contributed by atoms with Gasteiger partial charge in [-0.15, -0.1) is 0 Å². The minimum atomic E-state index is -1.26. The Hall–Kier alpha value is -3.49. The van der Waals surface area contributed by atoms with Crippen LogP contribution in [0.5, 0.6) is 0 Å². The summed E-state index contributed by atoms with van der Waals surface area (Å²) in [4.78, 5) is 42.0. The first kappa shape index (κ1) is 20.8. The van der Waals surface area contributed by atoms with Gasteiger partial charge < -0.3 is 20.4 Å². The average molecular weight is 311 g/mol. The van der Waals surface area contributed by atoms with Crippen molar-refractivity contribution in [2.24, 2.45) is 0 Å². The normalized spacial score (nSPS) is 9.09. The minimum Gasteiger partial charge on any atom is -0.478 e. The monoisotopic (exact) mass is 311 g/mol. The van der Waals surface area contributed by atoms with Crippen LogP contribution in [0.2, 0.25) is 0 Å². The van der Waals surface area contributed by atoms with E-state index in [1.54, 1.807) is 12.4 Å². The van der Waals surface area contributed by atoms with Crippen molar-refractivity contribution < 1.29 is 39.6 Å². The standard InChI is InChI=1S/C5H5N.2C4H4O4/c1-2-4-6-5-3-1;2*5-3(6)1-2-4(7)8/h1-5H;2*1-2H,(H,5,6)(H,7,8)/b;2*2-1-. The van der Waals surface area contributed by atoms with E-state index < -0.39 is 23.9 Å². The van der Waals surface area contributed by atoms with Gasteiger partial charge in [0.15, 0.2) is 0 Å². The first-order valence-electron chi connectivity index (χ1n) is 5.38. The molecule has 0 aliphatic rings. The lowest BCUT2D eigenvalue weighted by Gasteiger charge is -1.74. The molecule has 118 valence electrons. The molecule has 1 heterocycles. The molecule has 9 heteroatoms. The Labute approximate surface area is 124 Å². The second kappa shape index (κ2) is 13.9. The van der Waals surface area contributed by atoms with Crippen molar-refractivity contribution in [3.8, 4) is 0 Å². The molecule has 0 aliphatic heterocycles. The summed E-state index contributed by atoms with van der Waals surface area (Å²) < 4.78 is 0. The summed E-state index contributed by atoms with van der Waals surface area (Å²) in [6.07, 6.45) is 5.73. The molecule has 1 rings (SSSR count). The second-order valence-electron chi connectivity index (χ2n) is 3.04. The molecule has 9 nitrogen and oxygen atoms in total. The Bertz CT molecular complexity index is 444. The Balaban J connectivity index is 0. The Morgan fingerprint density at radius 1 is 0.591 bits per heavy atom. The number of carbonyl (C=O) groups is 4. The predicted molar refractivity (Wildman–Crippen MR) is 73.1 cm³/mol. The van der Waals surface area contributed by atoms with Crippen LogP contribution in [0.1, 0.15) is 0 Å². The van der Waals surface area contributed by atoms with Gasteiger partial charge in [-0.25, -0.2) is 19.2 Å². The number of carboxylic acid groups (broad SMARTS) is 4. The molecule has 0 atom stereocenters. The molecule has 1 aromatic rings. The van der Waals surface area contributed by atoms with E-state index in [4.69, 9.17) is 20.4 Å². The quantitative estimate of drug-likeness (QED) is 0.580. The molecule has 22 heavy (non-hydrogen) atoms. The van der Waals surface area contributed by atoms with Gasteiger partial charge in [0.05, 0.1) is 0 Å². The summed E-state index contributed by atoms with van der Waals surface area (Å²) in [5, 5.41) is 31.2. The predicted octanol–water partition coefficient (Wildman–Crippen LogP) is 0.505. The van der Waals surface area contributed by atoms with Gasteiger partial charge in [-0.1, -0.05) is 6.07 Å². The molecule has 4 N–H and O–H groups in total. The number of hydrogen-bond acceptors (Lipinski definition) is 5. The number of carboxylic acids is 4. The second-order valence-corrected chi connectivity index (χ2v) is 3.04. The number of aromatic nitrogens is 1. The lowest BCUT2D eigenvalue weighted by atomic mass is 10.5. The first-order valence-corrected chi connectivity index (χ1v) is 5.38. The minimum absolute atomic E-state index is 0.558. The van der Waals surface area contributed by atoms with Crippen LogP contribution in [0.15, 0.2) is 54.9 Å². The number of pyridine rings is 1. The molecule has 0 spiro atoms. The number of aliphatic carboxylic acids is 4. The van der Waals surface area contributed by atoms with Gasteiger partial charge in [0.25, 0.3) is 0 Å². The largest absolute Gasteiger partial charge is 0.478 e. The van der Waals surface area contributed by atoms with Crippen LogP contribution in [-0.4, -0.2) is 49.3 Å². The third-order valence-corrected chi connectivity index (χ3v) is 1.30. The molecule has 0 saturated heterocycles. The van der Waals surface area contributed by atoms with Gasteiger partial charge in [-0.2, -0.15) is 0 Å². The molecule has 0 aliphatic carbocycles. The zero-order valence-corrected chi connectivity index (χ0v) is 11.1. The van der Waals surface area contributed by atoms with Gasteiger partial charge >= 0.3 is 23.9 Å². The molecule has 0 bridgehead atoms. The van der Waals surface area contributed by atoms with Crippen LogP contribution in [0.4, 0.5) is 0 Å². The highest BCUT2D eigenvalue weighted by Crippen LogP contribution is 1.74. The van der Waals surface area contributed by atoms with E-state index in [0.29, 0.717) is 24.3 Å². The summed E-state index contributed by atoms with van der Waals surface area (Å²) in [7, 11) is 0. The summed E-state index contributed by atoms with van der Waals surface area (Å²) in [6, 6.07) is 5.72. The lowest BCUT2D eigenvalue weighted by Crippen LogP contribution is -1.91. The third kappa shape index (κ3) is 25.4. The average Bonchev–Trinajstić information content (AvgIpc) is 2.46. The smallest absolute Gasteiger partial charge is 0.328 e. The number of hydrogen-bond donors (Lipinski definition) is 4. The molecular weight excluding hydrogens is 298 g/mol. The fourth-order valence-electron chi connectivity index (χ4n) is 0.598. The molecule has 0 aromatic carbocycles. The Morgan fingerprint density at radius 2 is 0.864 bits per heavy atom. The van der Waals surface area contributed by atoms with Crippen molar-refractivity contribution in [3.63, 3.8) is 0 Å². The molecular formula is C13H13NO8. The zero-order chi connectivity index (χ0) is 17.4. The molecule has 0 radical (unpaired) electrons. The third-order valence-electron chi connectivity index (χ3n) is 1.30. The number of nitrogens with zero attached hydrogens (tertiary/aromatic N) is 1. The highest BCUT2D eigenvalue weighted by atomic mass is 16.4. The summed E-state index contributed by atoms with van der Waals surface area (Å²) >= 11 is 0. The SMILES string of the molecule is O=C(O)/C=C\C(=O)O.O=C(O)/C=C\C(=O)O.c1ccncc1. The van der Waals surface area contributed by atoms with E-state index in [2.05, 4.69) is 4.98 Å². The van der Waals surface area contributed by atoms with E-state index >= 15 is 0 Å². The highest BCUT2D eigenvalue weighted by Gasteiger charge is 1.88. The van der Waals surface area contributed by atoms with E-state index in [1.165, 1.54) is 0 Å². The van der Waals surface area contributed by atoms with E-state index in [0.717, 1.165) is 0 Å². The molecule has 0 unspecified atom stereocenters. The fraction of sp³-hybridized carbons (Fsp3) is 0. The van der Waals surface area contributed by atoms with E-state index in [1.807, 2.05) is 18.2 Å². The van der Waals surface area contributed by atoms with Crippen LogP contribution >= 0.6 is 0 Å². The van der Waals surface area contributed by atoms with Gasteiger partial charge in [0.2, 0.25) is 0 Å². The molecule has 0 amide bonds. The lowest BCUT2D eigenvalue weighted by molar-refractivity contribution is -0.134. The maximum absolute atomic E-state index is 9.55. The van der Waals surface area contributed by atoms with Crippen molar-refractivity contribution in [1.29, 1.82) is 0 Å². The van der Waals surface area contributed by atoms with Crippen molar-refractivity contribution in [1.82, 2.24) is 4.98 Å². The number of rotatable bonds is 4. The fourth-order valence-corrected chi connectivity index (χ4v) is 0.598. The maximum atomic E-state index is 9.55. The zero-order valence-electron chi connectivity index (χ0n) is 11.1. The van der Waals surface area contributed by atoms with Crippen LogP contribution in [0.3, 0.4) is 0 Å². The molecule has 0 saturated carbocycles. The summed E-state index contributed by atoms with van der Waals surface area (Å²) in [6.45, 7) is 0. The van der Waals surface area contributed by atoms with Crippen LogP contribution in [0, 0.1) is 0 Å². The Morgan fingerprint density at radius 3 is 0.955 bits per heavy atom. The van der Waals surface area contributed by atoms with E-state index in [9.17, 15) is 19.2 Å². The van der Waals surface area contributed by atoms with Crippen molar-refractivity contribution in [2.45, 2.75) is 0 Å². The van der Waals surface area contributed by atoms with Gasteiger partial charge in [-0.3, -0.25) is 4.98 Å². The molecule has 0 fully saturated rings.